The number of furan rings is 1. The summed E-state index contributed by atoms with van der Waals surface area (Å²) in [4.78, 5) is 31.7. The molecule has 0 radical (unpaired) electrons. The number of aromatic nitrogens is 2. The predicted octanol–water partition coefficient (Wildman–Crippen LogP) is 3.71. The fourth-order valence-electron chi connectivity index (χ4n) is 3.78. The third-order valence-electron chi connectivity index (χ3n) is 5.21. The van der Waals surface area contributed by atoms with E-state index in [-0.39, 0.29) is 11.3 Å². The number of hydrogen-bond donors (Lipinski definition) is 1. The Morgan fingerprint density at radius 1 is 1.28 bits per heavy atom. The lowest BCUT2D eigenvalue weighted by atomic mass is 9.95. The van der Waals surface area contributed by atoms with Gasteiger partial charge in [0.2, 0.25) is 5.78 Å². The van der Waals surface area contributed by atoms with E-state index < -0.39 is 23.5 Å². The fraction of sp³-hybridized carbons (Fsp3) is 0.208. The second-order valence-electron chi connectivity index (χ2n) is 7.30. The van der Waals surface area contributed by atoms with Crippen LogP contribution in [-0.4, -0.2) is 44.4 Å². The Balaban J connectivity index is 1.67. The van der Waals surface area contributed by atoms with E-state index >= 15 is 0 Å². The van der Waals surface area contributed by atoms with Gasteiger partial charge in [-0.15, -0.1) is 0 Å². The Hall–Kier alpha value is -4.07. The Bertz CT molecular complexity index is 1130. The molecule has 0 saturated heterocycles. The van der Waals surface area contributed by atoms with Crippen molar-refractivity contribution in [2.75, 3.05) is 13.2 Å². The van der Waals surface area contributed by atoms with Crippen LogP contribution >= 0.6 is 0 Å². The minimum Gasteiger partial charge on any atom is -0.503 e. The molecule has 8 nitrogen and oxygen atoms in total. The molecular weight excluding hydrogens is 410 g/mol. The predicted molar refractivity (Wildman–Crippen MR) is 116 cm³/mol. The quantitative estimate of drug-likeness (QED) is 0.387. The molecule has 8 heteroatoms. The SMILES string of the molecule is C=CCOc1cccc([C@@H]2C(C(=O)c3ccco3)=C(O)C(=O)N2CCCn2ccnc2)c1. The zero-order valence-corrected chi connectivity index (χ0v) is 17.4. The summed E-state index contributed by atoms with van der Waals surface area (Å²) in [6.07, 6.45) is 8.85. The van der Waals surface area contributed by atoms with Gasteiger partial charge in [0.1, 0.15) is 12.4 Å². The summed E-state index contributed by atoms with van der Waals surface area (Å²) in [6, 6.07) is 9.46. The number of rotatable bonds is 10. The van der Waals surface area contributed by atoms with E-state index in [0.29, 0.717) is 37.4 Å². The van der Waals surface area contributed by atoms with Crippen LogP contribution in [0.1, 0.15) is 28.6 Å². The molecule has 3 aromatic rings. The lowest BCUT2D eigenvalue weighted by Crippen LogP contribution is -2.32. The number of aliphatic hydroxyl groups is 1. The van der Waals surface area contributed by atoms with Crippen molar-refractivity contribution in [1.29, 1.82) is 0 Å². The minimum atomic E-state index is -0.768. The zero-order chi connectivity index (χ0) is 22.5. The van der Waals surface area contributed by atoms with Crippen molar-refractivity contribution < 1.29 is 23.8 Å². The first-order valence-electron chi connectivity index (χ1n) is 10.2. The molecule has 1 aliphatic heterocycles. The standard InChI is InChI=1S/C24H23N3O5/c1-2-13-31-18-7-3-6-17(15-18)21-20(22(28)19-8-4-14-32-19)23(29)24(30)27(21)11-5-10-26-12-9-25-16-26/h2-4,6-9,12,14-16,21,29H,1,5,10-11,13H2/t21-/m1/s1. The van der Waals surface area contributed by atoms with Crippen molar-refractivity contribution in [2.45, 2.75) is 19.0 Å². The molecule has 0 aliphatic carbocycles. The summed E-state index contributed by atoms with van der Waals surface area (Å²) in [5, 5.41) is 10.7. The van der Waals surface area contributed by atoms with Gasteiger partial charge in [-0.2, -0.15) is 0 Å². The average molecular weight is 433 g/mol. The molecule has 0 bridgehead atoms. The van der Waals surface area contributed by atoms with Crippen molar-refractivity contribution >= 4 is 11.7 Å². The molecule has 0 fully saturated rings. The molecule has 0 spiro atoms. The van der Waals surface area contributed by atoms with E-state index in [0.717, 1.165) is 0 Å². The largest absolute Gasteiger partial charge is 0.503 e. The van der Waals surface area contributed by atoms with Crippen LogP contribution < -0.4 is 4.74 Å². The number of nitrogens with zero attached hydrogens (tertiary/aromatic N) is 3. The Morgan fingerprint density at radius 2 is 2.16 bits per heavy atom. The van der Waals surface area contributed by atoms with Crippen molar-refractivity contribution in [3.05, 3.63) is 96.7 Å². The van der Waals surface area contributed by atoms with E-state index in [4.69, 9.17) is 9.15 Å². The zero-order valence-electron chi connectivity index (χ0n) is 17.4. The number of Topliss-reactive ketones (excluding diaryl/α,β-unsaturated/α-hetero) is 1. The lowest BCUT2D eigenvalue weighted by Gasteiger charge is -2.27. The number of imidazole rings is 1. The molecule has 1 aromatic carbocycles. The number of ether oxygens (including phenoxy) is 1. The van der Waals surface area contributed by atoms with Crippen LogP contribution in [0.15, 0.2) is 89.8 Å². The fourth-order valence-corrected chi connectivity index (χ4v) is 3.78. The van der Waals surface area contributed by atoms with Gasteiger partial charge in [-0.05, 0) is 36.2 Å². The highest BCUT2D eigenvalue weighted by Gasteiger charge is 2.44. The first kappa shape index (κ1) is 21.2. The molecule has 1 aliphatic rings. The molecular formula is C24H23N3O5. The highest BCUT2D eigenvalue weighted by atomic mass is 16.5. The highest BCUT2D eigenvalue weighted by molar-refractivity contribution is 6.15. The smallest absolute Gasteiger partial charge is 0.290 e. The second kappa shape index (κ2) is 9.38. The van der Waals surface area contributed by atoms with Crippen molar-refractivity contribution in [2.24, 2.45) is 0 Å². The molecule has 4 rings (SSSR count). The van der Waals surface area contributed by atoms with E-state index in [9.17, 15) is 14.7 Å². The summed E-state index contributed by atoms with van der Waals surface area (Å²) in [5.74, 6) is -1.04. The van der Waals surface area contributed by atoms with Crippen LogP contribution in [0.2, 0.25) is 0 Å². The Labute approximate surface area is 185 Å². The maximum absolute atomic E-state index is 13.2. The summed E-state index contributed by atoms with van der Waals surface area (Å²) < 4.78 is 12.8. The third-order valence-corrected chi connectivity index (χ3v) is 5.21. The normalized spacial score (nSPS) is 15.9. The summed E-state index contributed by atoms with van der Waals surface area (Å²) in [6.45, 7) is 4.94. The van der Waals surface area contributed by atoms with Crippen LogP contribution in [0.5, 0.6) is 5.75 Å². The highest BCUT2D eigenvalue weighted by Crippen LogP contribution is 2.40. The first-order valence-corrected chi connectivity index (χ1v) is 10.2. The lowest BCUT2D eigenvalue weighted by molar-refractivity contribution is -0.129. The van der Waals surface area contributed by atoms with Crippen LogP contribution in [0, 0.1) is 0 Å². The summed E-state index contributed by atoms with van der Waals surface area (Å²) in [7, 11) is 0. The summed E-state index contributed by atoms with van der Waals surface area (Å²) in [5.41, 5.74) is 0.648. The Morgan fingerprint density at radius 3 is 2.88 bits per heavy atom. The van der Waals surface area contributed by atoms with Gasteiger partial charge < -0.3 is 23.7 Å². The molecule has 1 N–H and O–H groups in total. The molecule has 1 amide bonds. The molecule has 0 unspecified atom stereocenters. The average Bonchev–Trinajstić information content (AvgIpc) is 3.56. The maximum atomic E-state index is 13.2. The van der Waals surface area contributed by atoms with Gasteiger partial charge in [-0.1, -0.05) is 24.8 Å². The molecule has 1 atom stereocenters. The van der Waals surface area contributed by atoms with Gasteiger partial charge in [0.25, 0.3) is 5.91 Å². The number of carbonyl (C=O) groups is 2. The van der Waals surface area contributed by atoms with Gasteiger partial charge >= 0.3 is 0 Å². The van der Waals surface area contributed by atoms with Gasteiger partial charge in [-0.3, -0.25) is 9.59 Å². The summed E-state index contributed by atoms with van der Waals surface area (Å²) >= 11 is 0. The molecule has 2 aromatic heterocycles. The topological polar surface area (TPSA) is 97.8 Å². The van der Waals surface area contributed by atoms with Gasteiger partial charge in [0.15, 0.2) is 11.5 Å². The first-order chi connectivity index (χ1) is 15.6. The maximum Gasteiger partial charge on any atom is 0.290 e. The van der Waals surface area contributed by atoms with Gasteiger partial charge in [0.05, 0.1) is 24.2 Å². The van der Waals surface area contributed by atoms with Crippen LogP contribution in [0.4, 0.5) is 0 Å². The van der Waals surface area contributed by atoms with E-state index in [1.807, 2.05) is 10.8 Å². The van der Waals surface area contributed by atoms with E-state index in [1.54, 1.807) is 48.9 Å². The van der Waals surface area contributed by atoms with Crippen molar-refractivity contribution in [3.8, 4) is 5.75 Å². The monoisotopic (exact) mass is 433 g/mol. The van der Waals surface area contributed by atoms with Crippen molar-refractivity contribution in [1.82, 2.24) is 14.5 Å². The van der Waals surface area contributed by atoms with Gasteiger partial charge in [0, 0.05) is 25.5 Å². The van der Waals surface area contributed by atoms with Gasteiger partial charge in [-0.25, -0.2) is 4.98 Å². The minimum absolute atomic E-state index is 0.00606. The molecule has 0 saturated carbocycles. The molecule has 164 valence electrons. The van der Waals surface area contributed by atoms with Crippen LogP contribution in [0.25, 0.3) is 0 Å². The second-order valence-corrected chi connectivity index (χ2v) is 7.30. The Kier molecular flexibility index (Phi) is 6.21. The van der Waals surface area contributed by atoms with Crippen LogP contribution in [-0.2, 0) is 11.3 Å². The molecule has 3 heterocycles. The van der Waals surface area contributed by atoms with E-state index in [2.05, 4.69) is 11.6 Å². The van der Waals surface area contributed by atoms with Crippen LogP contribution in [0.3, 0.4) is 0 Å². The third kappa shape index (κ3) is 4.20. The number of ketones is 1. The number of aryl methyl sites for hydroxylation is 1. The number of carbonyl (C=O) groups excluding carboxylic acids is 2. The number of aliphatic hydroxyl groups excluding tert-OH is 1. The number of benzene rings is 1. The number of amides is 1. The van der Waals surface area contributed by atoms with E-state index in [1.165, 1.54) is 17.2 Å². The van der Waals surface area contributed by atoms with Crippen molar-refractivity contribution in [3.63, 3.8) is 0 Å². The number of hydrogen-bond acceptors (Lipinski definition) is 6. The molecule has 32 heavy (non-hydrogen) atoms.